The first-order valence-corrected chi connectivity index (χ1v) is 10.8. The maximum absolute atomic E-state index is 4.82. The number of benzene rings is 2. The normalized spacial score (nSPS) is 11.5. The lowest BCUT2D eigenvalue weighted by atomic mass is 10.0. The van der Waals surface area contributed by atoms with Gasteiger partial charge in [0.1, 0.15) is 5.82 Å². The summed E-state index contributed by atoms with van der Waals surface area (Å²) in [6.45, 7) is 9.58. The molecule has 0 aliphatic carbocycles. The SMILES string of the molecule is CC(C)Cc1nc(CC(C)C)n(Cc2ccc(-c3cccc(-c4nnn[nH]4)c3)cc2)n1. The van der Waals surface area contributed by atoms with E-state index in [4.69, 9.17) is 10.1 Å². The lowest BCUT2D eigenvalue weighted by molar-refractivity contribution is 0.560. The van der Waals surface area contributed by atoms with Crippen LogP contribution in [0.2, 0.25) is 0 Å². The molecule has 0 amide bonds. The zero-order valence-electron chi connectivity index (χ0n) is 18.6. The van der Waals surface area contributed by atoms with Crippen molar-refractivity contribution in [3.8, 4) is 22.5 Å². The molecular formula is C24H29N7. The Labute approximate surface area is 182 Å². The van der Waals surface area contributed by atoms with Crippen molar-refractivity contribution >= 4 is 0 Å². The molecule has 160 valence electrons. The van der Waals surface area contributed by atoms with Crippen molar-refractivity contribution in [2.75, 3.05) is 0 Å². The number of nitrogens with one attached hydrogen (secondary N) is 1. The highest BCUT2D eigenvalue weighted by Gasteiger charge is 2.13. The standard InChI is InChI=1S/C24H29N7/c1-16(2)12-22-25-23(13-17(3)4)31(28-22)15-18-8-10-19(11-9-18)20-6-5-7-21(14-20)24-26-29-30-27-24/h5-11,14,16-17H,12-13,15H2,1-4H3,(H,26,27,29,30). The van der Waals surface area contributed by atoms with Gasteiger partial charge in [-0.3, -0.25) is 0 Å². The Morgan fingerprint density at radius 2 is 1.61 bits per heavy atom. The molecule has 0 saturated heterocycles. The number of tetrazole rings is 1. The lowest BCUT2D eigenvalue weighted by Gasteiger charge is -2.09. The molecule has 2 aromatic heterocycles. The van der Waals surface area contributed by atoms with Crippen molar-refractivity contribution in [1.29, 1.82) is 0 Å². The molecule has 7 nitrogen and oxygen atoms in total. The molecule has 31 heavy (non-hydrogen) atoms. The van der Waals surface area contributed by atoms with Crippen LogP contribution in [0.15, 0.2) is 48.5 Å². The number of hydrogen-bond donors (Lipinski definition) is 1. The smallest absolute Gasteiger partial charge is 0.179 e. The second kappa shape index (κ2) is 9.20. The Balaban J connectivity index is 1.54. The van der Waals surface area contributed by atoms with Crippen LogP contribution in [-0.4, -0.2) is 35.4 Å². The molecule has 0 unspecified atom stereocenters. The first-order valence-electron chi connectivity index (χ1n) is 10.8. The Morgan fingerprint density at radius 1 is 0.871 bits per heavy atom. The average molecular weight is 416 g/mol. The second-order valence-electron chi connectivity index (χ2n) is 8.83. The molecule has 0 aliphatic heterocycles. The van der Waals surface area contributed by atoms with E-state index >= 15 is 0 Å². The quantitative estimate of drug-likeness (QED) is 0.456. The van der Waals surface area contributed by atoms with E-state index in [1.54, 1.807) is 0 Å². The topological polar surface area (TPSA) is 85.2 Å². The van der Waals surface area contributed by atoms with Crippen LogP contribution in [0, 0.1) is 11.8 Å². The van der Waals surface area contributed by atoms with Crippen molar-refractivity contribution in [1.82, 2.24) is 35.4 Å². The maximum Gasteiger partial charge on any atom is 0.179 e. The van der Waals surface area contributed by atoms with Crippen LogP contribution < -0.4 is 0 Å². The first kappa shape index (κ1) is 20.9. The molecule has 4 aromatic rings. The van der Waals surface area contributed by atoms with Gasteiger partial charge in [-0.2, -0.15) is 5.10 Å². The molecule has 0 atom stereocenters. The van der Waals surface area contributed by atoms with E-state index in [0.29, 0.717) is 17.7 Å². The van der Waals surface area contributed by atoms with Crippen LogP contribution in [0.4, 0.5) is 0 Å². The summed E-state index contributed by atoms with van der Waals surface area (Å²) in [6, 6.07) is 16.8. The number of H-pyrrole nitrogens is 1. The maximum atomic E-state index is 4.82. The molecule has 0 fully saturated rings. The molecule has 0 radical (unpaired) electrons. The largest absolute Gasteiger partial charge is 0.245 e. The number of aromatic amines is 1. The number of hydrogen-bond acceptors (Lipinski definition) is 5. The van der Waals surface area contributed by atoms with E-state index in [2.05, 4.69) is 89.4 Å². The van der Waals surface area contributed by atoms with Crippen molar-refractivity contribution in [3.63, 3.8) is 0 Å². The van der Waals surface area contributed by atoms with Gasteiger partial charge in [0.25, 0.3) is 0 Å². The first-order chi connectivity index (χ1) is 15.0. The minimum atomic E-state index is 0.545. The van der Waals surface area contributed by atoms with Crippen molar-refractivity contribution in [2.24, 2.45) is 11.8 Å². The third kappa shape index (κ3) is 5.23. The summed E-state index contributed by atoms with van der Waals surface area (Å²) in [5.74, 6) is 3.78. The third-order valence-corrected chi connectivity index (χ3v) is 5.07. The second-order valence-corrected chi connectivity index (χ2v) is 8.83. The number of rotatable bonds is 8. The molecule has 2 aromatic carbocycles. The third-order valence-electron chi connectivity index (χ3n) is 5.07. The van der Waals surface area contributed by atoms with Gasteiger partial charge in [0.15, 0.2) is 11.6 Å². The predicted octanol–water partition coefficient (Wildman–Crippen LogP) is 4.57. The summed E-state index contributed by atoms with van der Waals surface area (Å²) in [6.07, 6.45) is 1.85. The van der Waals surface area contributed by atoms with E-state index in [1.807, 2.05) is 12.1 Å². The van der Waals surface area contributed by atoms with Crippen LogP contribution in [0.25, 0.3) is 22.5 Å². The molecule has 2 heterocycles. The lowest BCUT2D eigenvalue weighted by Crippen LogP contribution is -2.09. The van der Waals surface area contributed by atoms with Gasteiger partial charge < -0.3 is 0 Å². The molecule has 7 heteroatoms. The summed E-state index contributed by atoms with van der Waals surface area (Å²) in [5, 5.41) is 18.9. The predicted molar refractivity (Wildman–Crippen MR) is 121 cm³/mol. The summed E-state index contributed by atoms with van der Waals surface area (Å²) in [4.78, 5) is 4.82. The average Bonchev–Trinajstić information content (AvgIpc) is 3.39. The van der Waals surface area contributed by atoms with Gasteiger partial charge in [0, 0.05) is 18.4 Å². The van der Waals surface area contributed by atoms with Gasteiger partial charge >= 0.3 is 0 Å². The number of nitrogens with zero attached hydrogens (tertiary/aromatic N) is 6. The summed E-state index contributed by atoms with van der Waals surface area (Å²) >= 11 is 0. The molecule has 0 bridgehead atoms. The highest BCUT2D eigenvalue weighted by Crippen LogP contribution is 2.25. The van der Waals surface area contributed by atoms with E-state index in [-0.39, 0.29) is 0 Å². The Bertz CT molecular complexity index is 1110. The van der Waals surface area contributed by atoms with Crippen LogP contribution in [0.3, 0.4) is 0 Å². The fraction of sp³-hybridized carbons (Fsp3) is 0.375. The van der Waals surface area contributed by atoms with Gasteiger partial charge in [-0.05, 0) is 45.0 Å². The van der Waals surface area contributed by atoms with Crippen molar-refractivity contribution in [2.45, 2.75) is 47.1 Å². The van der Waals surface area contributed by atoms with E-state index in [1.165, 1.54) is 5.56 Å². The molecule has 0 saturated carbocycles. The highest BCUT2D eigenvalue weighted by molar-refractivity contribution is 5.70. The van der Waals surface area contributed by atoms with Gasteiger partial charge in [-0.15, -0.1) is 5.10 Å². The Morgan fingerprint density at radius 3 is 2.29 bits per heavy atom. The van der Waals surface area contributed by atoms with Gasteiger partial charge in [0.05, 0.1) is 6.54 Å². The van der Waals surface area contributed by atoms with E-state index < -0.39 is 0 Å². The Kier molecular flexibility index (Phi) is 6.21. The van der Waals surface area contributed by atoms with E-state index in [9.17, 15) is 0 Å². The van der Waals surface area contributed by atoms with Crippen LogP contribution in [-0.2, 0) is 19.4 Å². The molecule has 0 aliphatic rings. The summed E-state index contributed by atoms with van der Waals surface area (Å²) in [5.41, 5.74) is 4.45. The molecule has 1 N–H and O–H groups in total. The Hall–Kier alpha value is -3.35. The zero-order chi connectivity index (χ0) is 21.8. The fourth-order valence-electron chi connectivity index (χ4n) is 3.62. The van der Waals surface area contributed by atoms with Crippen molar-refractivity contribution in [3.05, 3.63) is 65.7 Å². The number of aromatic nitrogens is 7. The summed E-state index contributed by atoms with van der Waals surface area (Å²) in [7, 11) is 0. The van der Waals surface area contributed by atoms with Crippen LogP contribution >= 0.6 is 0 Å². The van der Waals surface area contributed by atoms with Crippen LogP contribution in [0.5, 0.6) is 0 Å². The highest BCUT2D eigenvalue weighted by atomic mass is 15.5. The minimum absolute atomic E-state index is 0.545. The monoisotopic (exact) mass is 415 g/mol. The minimum Gasteiger partial charge on any atom is -0.245 e. The van der Waals surface area contributed by atoms with Gasteiger partial charge in [-0.1, -0.05) is 70.2 Å². The zero-order valence-corrected chi connectivity index (χ0v) is 18.6. The van der Waals surface area contributed by atoms with Gasteiger partial charge in [-0.25, -0.2) is 14.8 Å². The van der Waals surface area contributed by atoms with E-state index in [0.717, 1.165) is 47.7 Å². The molecule has 0 spiro atoms. The molecular weight excluding hydrogens is 386 g/mol. The van der Waals surface area contributed by atoms with Gasteiger partial charge in [0.2, 0.25) is 0 Å². The summed E-state index contributed by atoms with van der Waals surface area (Å²) < 4.78 is 2.07. The van der Waals surface area contributed by atoms with Crippen molar-refractivity contribution < 1.29 is 0 Å². The molecule has 4 rings (SSSR count). The van der Waals surface area contributed by atoms with Crippen LogP contribution in [0.1, 0.15) is 44.9 Å². The fourth-order valence-corrected chi connectivity index (χ4v) is 3.62.